The number of carbonyl (C=O) groups is 3. The molecule has 2 atom stereocenters. The Balaban J connectivity index is 1.55. The zero-order valence-electron chi connectivity index (χ0n) is 15.1. The van der Waals surface area contributed by atoms with Crippen molar-refractivity contribution >= 4 is 40.7 Å². The number of imide groups is 1. The van der Waals surface area contributed by atoms with Crippen molar-refractivity contribution in [3.8, 4) is 0 Å². The van der Waals surface area contributed by atoms with Crippen LogP contribution in [0.4, 0.5) is 11.4 Å². The monoisotopic (exact) mass is 394 g/mol. The summed E-state index contributed by atoms with van der Waals surface area (Å²) in [6.45, 7) is 0. The van der Waals surface area contributed by atoms with E-state index in [0.717, 1.165) is 5.56 Å². The van der Waals surface area contributed by atoms with Gasteiger partial charge in [-0.15, -0.1) is 0 Å². The van der Waals surface area contributed by atoms with Gasteiger partial charge >= 0.3 is 0 Å². The van der Waals surface area contributed by atoms with E-state index in [1.807, 2.05) is 42.5 Å². The van der Waals surface area contributed by atoms with Gasteiger partial charge in [0.2, 0.25) is 17.7 Å². The Labute approximate surface area is 168 Å². The first-order chi connectivity index (χ1) is 13.5. The first-order valence-corrected chi connectivity index (χ1v) is 9.58. The minimum atomic E-state index is -0.302. The molecule has 142 valence electrons. The highest BCUT2D eigenvalue weighted by Crippen LogP contribution is 2.39. The summed E-state index contributed by atoms with van der Waals surface area (Å²) in [5.74, 6) is -1.21. The van der Waals surface area contributed by atoms with Gasteiger partial charge in [-0.3, -0.25) is 14.4 Å². The lowest BCUT2D eigenvalue weighted by Gasteiger charge is -2.17. The number of allylic oxidation sites excluding steroid dienone is 2. The molecule has 1 aliphatic heterocycles. The van der Waals surface area contributed by atoms with Crippen molar-refractivity contribution in [1.82, 2.24) is 0 Å². The minimum absolute atomic E-state index is 0.191. The van der Waals surface area contributed by atoms with Crippen molar-refractivity contribution < 1.29 is 14.4 Å². The molecule has 3 amide bonds. The molecule has 5 nitrogen and oxygen atoms in total. The maximum Gasteiger partial charge on any atom is 0.238 e. The predicted octanol–water partition coefficient (Wildman–Crippen LogP) is 3.98. The van der Waals surface area contributed by atoms with Crippen molar-refractivity contribution in [1.29, 1.82) is 0 Å². The molecular formula is C22H19ClN2O3. The number of amides is 3. The largest absolute Gasteiger partial charge is 0.324 e. The molecule has 1 aliphatic carbocycles. The molecule has 28 heavy (non-hydrogen) atoms. The van der Waals surface area contributed by atoms with Gasteiger partial charge in [0, 0.05) is 0 Å². The number of carbonyl (C=O) groups excluding carboxylic acids is 3. The number of nitrogens with zero attached hydrogens (tertiary/aromatic N) is 1. The molecular weight excluding hydrogens is 376 g/mol. The van der Waals surface area contributed by atoms with Gasteiger partial charge in [-0.05, 0) is 36.6 Å². The molecule has 0 saturated carbocycles. The van der Waals surface area contributed by atoms with Crippen LogP contribution in [0, 0.1) is 11.8 Å². The smallest absolute Gasteiger partial charge is 0.238 e. The van der Waals surface area contributed by atoms with Crippen molar-refractivity contribution in [3.05, 3.63) is 71.3 Å². The van der Waals surface area contributed by atoms with Gasteiger partial charge in [-0.1, -0.05) is 54.1 Å². The maximum absolute atomic E-state index is 12.8. The Morgan fingerprint density at radius 2 is 1.64 bits per heavy atom. The molecule has 0 radical (unpaired) electrons. The molecule has 0 aromatic heterocycles. The van der Waals surface area contributed by atoms with Crippen LogP contribution in [0.3, 0.4) is 0 Å². The van der Waals surface area contributed by atoms with Gasteiger partial charge in [-0.2, -0.15) is 0 Å². The van der Waals surface area contributed by atoms with Gasteiger partial charge in [0.05, 0.1) is 34.7 Å². The molecule has 1 saturated heterocycles. The summed E-state index contributed by atoms with van der Waals surface area (Å²) in [6, 6.07) is 14.2. The molecule has 1 N–H and O–H groups in total. The fourth-order valence-corrected chi connectivity index (χ4v) is 3.94. The van der Waals surface area contributed by atoms with Crippen LogP contribution in [-0.2, 0) is 20.8 Å². The summed E-state index contributed by atoms with van der Waals surface area (Å²) in [6.07, 6.45) is 5.28. The van der Waals surface area contributed by atoms with Gasteiger partial charge < -0.3 is 5.32 Å². The van der Waals surface area contributed by atoms with Crippen LogP contribution in [0.25, 0.3) is 0 Å². The lowest BCUT2D eigenvalue weighted by atomic mass is 9.85. The lowest BCUT2D eigenvalue weighted by molar-refractivity contribution is -0.122. The molecule has 0 bridgehead atoms. The highest BCUT2D eigenvalue weighted by Gasteiger charge is 2.47. The molecule has 2 aromatic carbocycles. The zero-order valence-corrected chi connectivity index (χ0v) is 15.9. The van der Waals surface area contributed by atoms with Gasteiger partial charge in [0.25, 0.3) is 0 Å². The Bertz CT molecular complexity index is 945. The topological polar surface area (TPSA) is 66.5 Å². The average molecular weight is 395 g/mol. The third-order valence-electron chi connectivity index (χ3n) is 5.20. The molecule has 2 aromatic rings. The van der Waals surface area contributed by atoms with Crippen LogP contribution < -0.4 is 10.2 Å². The average Bonchev–Trinajstić information content (AvgIpc) is 2.95. The van der Waals surface area contributed by atoms with Gasteiger partial charge in [0.15, 0.2) is 0 Å². The summed E-state index contributed by atoms with van der Waals surface area (Å²) in [7, 11) is 0. The molecule has 2 aliphatic rings. The van der Waals surface area contributed by atoms with E-state index in [-0.39, 0.29) is 36.0 Å². The number of rotatable bonds is 4. The number of hydrogen-bond acceptors (Lipinski definition) is 3. The molecule has 6 heteroatoms. The maximum atomic E-state index is 12.8. The van der Waals surface area contributed by atoms with Crippen LogP contribution in [-0.4, -0.2) is 17.7 Å². The van der Waals surface area contributed by atoms with Crippen LogP contribution in [0.15, 0.2) is 60.7 Å². The summed E-state index contributed by atoms with van der Waals surface area (Å²) in [5.41, 5.74) is 1.70. The number of nitrogens with one attached hydrogen (secondary N) is 1. The predicted molar refractivity (Wildman–Crippen MR) is 108 cm³/mol. The number of halogens is 1. The quantitative estimate of drug-likeness (QED) is 0.630. The Kier molecular flexibility index (Phi) is 5.01. The molecule has 0 spiro atoms. The Hall–Kier alpha value is -2.92. The van der Waals surface area contributed by atoms with Gasteiger partial charge in [0.1, 0.15) is 0 Å². The van der Waals surface area contributed by atoms with Crippen molar-refractivity contribution in [2.45, 2.75) is 19.3 Å². The second-order valence-corrected chi connectivity index (χ2v) is 7.45. The van der Waals surface area contributed by atoms with E-state index in [9.17, 15) is 14.4 Å². The summed E-state index contributed by atoms with van der Waals surface area (Å²) in [5, 5.41) is 3.13. The number of fused-ring (bicyclic) bond motifs is 1. The summed E-state index contributed by atoms with van der Waals surface area (Å²) < 4.78 is 0. The molecule has 1 fully saturated rings. The third kappa shape index (κ3) is 3.45. The highest BCUT2D eigenvalue weighted by atomic mass is 35.5. The molecule has 4 rings (SSSR count). The lowest BCUT2D eigenvalue weighted by Crippen LogP contribution is -2.31. The zero-order chi connectivity index (χ0) is 19.7. The summed E-state index contributed by atoms with van der Waals surface area (Å²) in [4.78, 5) is 39.1. The van der Waals surface area contributed by atoms with Crippen molar-refractivity contribution in [3.63, 3.8) is 0 Å². The van der Waals surface area contributed by atoms with E-state index < -0.39 is 0 Å². The van der Waals surface area contributed by atoms with Crippen LogP contribution in [0.5, 0.6) is 0 Å². The first-order valence-electron chi connectivity index (χ1n) is 9.21. The van der Waals surface area contributed by atoms with E-state index in [1.54, 1.807) is 18.2 Å². The fourth-order valence-electron chi connectivity index (χ4n) is 3.78. The standard InChI is InChI=1S/C22H19ClN2O3/c23-18-11-10-15(25-21(27)16-8-4-5-9-17(16)22(25)28)13-19(18)24-20(26)12-14-6-2-1-3-7-14/h1-7,10-11,13,16-17H,8-9,12H2,(H,24,26)/t16-,17+. The Morgan fingerprint density at radius 3 is 2.29 bits per heavy atom. The van der Waals surface area contributed by atoms with Crippen molar-refractivity contribution in [2.24, 2.45) is 11.8 Å². The number of anilines is 2. The van der Waals surface area contributed by atoms with Crippen LogP contribution in [0.2, 0.25) is 5.02 Å². The van der Waals surface area contributed by atoms with Crippen molar-refractivity contribution in [2.75, 3.05) is 10.2 Å². The van der Waals surface area contributed by atoms with Crippen LogP contribution in [0.1, 0.15) is 18.4 Å². The minimum Gasteiger partial charge on any atom is -0.324 e. The van der Waals surface area contributed by atoms with E-state index >= 15 is 0 Å². The van der Waals surface area contributed by atoms with Gasteiger partial charge in [-0.25, -0.2) is 4.90 Å². The SMILES string of the molecule is O=C(Cc1ccccc1)Nc1cc(N2C(=O)[C@H]3CC=CC[C@H]3C2=O)ccc1Cl. The highest BCUT2D eigenvalue weighted by molar-refractivity contribution is 6.34. The number of hydrogen-bond donors (Lipinski definition) is 1. The molecule has 0 unspecified atom stereocenters. The Morgan fingerprint density at radius 1 is 1.00 bits per heavy atom. The van der Waals surface area contributed by atoms with E-state index in [4.69, 9.17) is 11.6 Å². The molecule has 1 heterocycles. The van der Waals surface area contributed by atoms with Crippen LogP contribution >= 0.6 is 11.6 Å². The third-order valence-corrected chi connectivity index (χ3v) is 5.53. The summed E-state index contributed by atoms with van der Waals surface area (Å²) >= 11 is 6.23. The van der Waals surface area contributed by atoms with E-state index in [0.29, 0.717) is 29.2 Å². The second-order valence-electron chi connectivity index (χ2n) is 7.04. The van der Waals surface area contributed by atoms with E-state index in [2.05, 4.69) is 5.32 Å². The normalized spacial score (nSPS) is 21.0. The fraction of sp³-hybridized carbons (Fsp3) is 0.227. The number of benzene rings is 2. The second kappa shape index (κ2) is 7.60. The first kappa shape index (κ1) is 18.4. The van der Waals surface area contributed by atoms with E-state index in [1.165, 1.54) is 4.90 Å².